The van der Waals surface area contributed by atoms with Crippen LogP contribution in [0.15, 0.2) is 30.3 Å². The fourth-order valence-electron chi connectivity index (χ4n) is 3.69. The highest BCUT2D eigenvalue weighted by Crippen LogP contribution is 2.52. The van der Waals surface area contributed by atoms with Crippen molar-refractivity contribution in [2.45, 2.75) is 82.3 Å². The lowest BCUT2D eigenvalue weighted by molar-refractivity contribution is -0.128. The first-order chi connectivity index (χ1) is 12.1. The summed E-state index contributed by atoms with van der Waals surface area (Å²) in [5.74, 6) is -0.185. The van der Waals surface area contributed by atoms with Gasteiger partial charge in [0.25, 0.3) is 0 Å². The fourth-order valence-corrected chi connectivity index (χ4v) is 5.34. The Labute approximate surface area is 158 Å². The van der Waals surface area contributed by atoms with Crippen LogP contribution in [-0.2, 0) is 9.22 Å². The number of carbonyl (C=O) groups is 1. The molecule has 2 aliphatic carbocycles. The van der Waals surface area contributed by atoms with Crippen molar-refractivity contribution in [2.24, 2.45) is 5.92 Å². The summed E-state index contributed by atoms with van der Waals surface area (Å²) in [5.41, 5.74) is 0.463. The Bertz CT molecular complexity index is 649. The van der Waals surface area contributed by atoms with Gasteiger partial charge in [-0.15, -0.1) is 0 Å². The average molecular weight is 376 g/mol. The van der Waals surface area contributed by atoms with Crippen molar-refractivity contribution in [3.8, 4) is 0 Å². The molecule has 144 valence electrons. The van der Waals surface area contributed by atoms with Gasteiger partial charge in [0.2, 0.25) is 0 Å². The van der Waals surface area contributed by atoms with Crippen LogP contribution in [0.3, 0.4) is 0 Å². The number of carbonyl (C=O) groups excluding carboxylic acids is 1. The maximum absolute atomic E-state index is 12.9. The Morgan fingerprint density at radius 1 is 1.19 bits per heavy atom. The van der Waals surface area contributed by atoms with Gasteiger partial charge in [-0.25, -0.2) is 0 Å². The van der Waals surface area contributed by atoms with Gasteiger partial charge in [0.15, 0.2) is 14.1 Å². The zero-order valence-electron chi connectivity index (χ0n) is 16.7. The maximum Gasteiger partial charge on any atom is 0.192 e. The number of ketones is 1. The molecule has 0 bridgehead atoms. The first kappa shape index (κ1) is 19.6. The maximum atomic E-state index is 12.9. The Morgan fingerprint density at radius 3 is 2.35 bits per heavy atom. The Morgan fingerprint density at radius 2 is 1.81 bits per heavy atom. The molecule has 2 fully saturated rings. The minimum atomic E-state index is -1.98. The van der Waals surface area contributed by atoms with E-state index in [1.807, 2.05) is 30.3 Å². The van der Waals surface area contributed by atoms with Gasteiger partial charge in [0.1, 0.15) is 0 Å². The minimum absolute atomic E-state index is 0.0966. The molecule has 0 radical (unpaired) electrons. The van der Waals surface area contributed by atoms with Gasteiger partial charge in [-0.1, -0.05) is 39.0 Å². The average Bonchev–Trinajstić information content (AvgIpc) is 3.24. The lowest BCUT2D eigenvalue weighted by atomic mass is 9.93. The molecule has 2 saturated carbocycles. The van der Waals surface area contributed by atoms with E-state index in [2.05, 4.69) is 39.2 Å². The van der Waals surface area contributed by atoms with Crippen molar-refractivity contribution in [1.29, 1.82) is 0 Å². The van der Waals surface area contributed by atoms with Crippen molar-refractivity contribution < 1.29 is 14.3 Å². The van der Waals surface area contributed by atoms with Crippen molar-refractivity contribution in [3.63, 3.8) is 0 Å². The number of nitrogens with one attached hydrogen (secondary N) is 1. The van der Waals surface area contributed by atoms with Crippen molar-refractivity contribution >= 4 is 19.8 Å². The van der Waals surface area contributed by atoms with E-state index in [4.69, 9.17) is 4.43 Å². The van der Waals surface area contributed by atoms with Crippen molar-refractivity contribution in [1.82, 2.24) is 0 Å². The predicted octanol–water partition coefficient (Wildman–Crippen LogP) is 4.36. The van der Waals surface area contributed by atoms with Crippen LogP contribution in [0.5, 0.6) is 0 Å². The summed E-state index contributed by atoms with van der Waals surface area (Å²) < 4.78 is 6.59. The quantitative estimate of drug-likeness (QED) is 0.725. The van der Waals surface area contributed by atoms with Crippen LogP contribution in [-0.4, -0.2) is 37.0 Å². The SMILES string of the molecule is CC(C)(C)[Si](C)(C)OC1(C(O)C2CCC(Nc3ccccc3)C2=O)CC1. The third-order valence-corrected chi connectivity index (χ3v) is 11.0. The number of para-hydroxylation sites is 1. The number of rotatable bonds is 6. The fraction of sp³-hybridized carbons (Fsp3) is 0.667. The molecule has 0 spiro atoms. The molecule has 0 amide bonds. The van der Waals surface area contributed by atoms with Gasteiger partial charge < -0.3 is 14.8 Å². The lowest BCUT2D eigenvalue weighted by Gasteiger charge is -2.41. The summed E-state index contributed by atoms with van der Waals surface area (Å²) >= 11 is 0. The summed E-state index contributed by atoms with van der Waals surface area (Å²) in [6.45, 7) is 11.1. The van der Waals surface area contributed by atoms with Gasteiger partial charge in [-0.05, 0) is 55.9 Å². The summed E-state index contributed by atoms with van der Waals surface area (Å²) in [4.78, 5) is 12.9. The van der Waals surface area contributed by atoms with Gasteiger partial charge >= 0.3 is 0 Å². The largest absolute Gasteiger partial charge is 0.409 e. The number of Topliss-reactive ketones (excluding diaryl/α,β-unsaturated/α-hetero) is 1. The molecule has 0 aromatic heterocycles. The highest BCUT2D eigenvalue weighted by Gasteiger charge is 2.59. The van der Waals surface area contributed by atoms with Crippen LogP contribution < -0.4 is 5.32 Å². The molecule has 4 nitrogen and oxygen atoms in total. The number of benzene rings is 1. The molecule has 1 aromatic carbocycles. The van der Waals surface area contributed by atoms with Crippen LogP contribution in [0.2, 0.25) is 18.1 Å². The van der Waals surface area contributed by atoms with E-state index >= 15 is 0 Å². The van der Waals surface area contributed by atoms with E-state index in [0.717, 1.165) is 31.4 Å². The first-order valence-corrected chi connectivity index (χ1v) is 12.7. The topological polar surface area (TPSA) is 58.6 Å². The summed E-state index contributed by atoms with van der Waals surface area (Å²) in [6, 6.07) is 9.62. The minimum Gasteiger partial charge on any atom is -0.409 e. The molecule has 1 aromatic rings. The van der Waals surface area contributed by atoms with Crippen LogP contribution >= 0.6 is 0 Å². The van der Waals surface area contributed by atoms with Crippen molar-refractivity contribution in [2.75, 3.05) is 5.32 Å². The molecule has 5 heteroatoms. The van der Waals surface area contributed by atoms with Crippen LogP contribution in [0.4, 0.5) is 5.69 Å². The van der Waals surface area contributed by atoms with E-state index < -0.39 is 20.0 Å². The zero-order valence-corrected chi connectivity index (χ0v) is 17.7. The monoisotopic (exact) mass is 375 g/mol. The molecule has 3 rings (SSSR count). The van der Waals surface area contributed by atoms with E-state index in [1.165, 1.54) is 0 Å². The second kappa shape index (κ2) is 6.77. The highest BCUT2D eigenvalue weighted by atomic mass is 28.4. The third-order valence-electron chi connectivity index (χ3n) is 6.52. The van der Waals surface area contributed by atoms with Crippen molar-refractivity contribution in [3.05, 3.63) is 30.3 Å². The molecule has 0 saturated heterocycles. The number of aliphatic hydroxyl groups excluding tert-OH is 1. The smallest absolute Gasteiger partial charge is 0.192 e. The van der Waals surface area contributed by atoms with Crippen LogP contribution in [0, 0.1) is 5.92 Å². The van der Waals surface area contributed by atoms with E-state index in [-0.39, 0.29) is 22.8 Å². The second-order valence-corrected chi connectivity index (χ2v) is 14.2. The molecule has 26 heavy (non-hydrogen) atoms. The summed E-state index contributed by atoms with van der Waals surface area (Å²) in [5, 5.41) is 14.5. The number of aliphatic hydroxyl groups is 1. The molecule has 3 unspecified atom stereocenters. The van der Waals surface area contributed by atoms with E-state index in [1.54, 1.807) is 0 Å². The highest BCUT2D eigenvalue weighted by molar-refractivity contribution is 6.74. The number of hydrogen-bond donors (Lipinski definition) is 2. The Kier molecular flexibility index (Phi) is 5.10. The Balaban J connectivity index is 1.67. The molecule has 0 aliphatic heterocycles. The predicted molar refractivity (Wildman–Crippen MR) is 108 cm³/mol. The van der Waals surface area contributed by atoms with Crippen LogP contribution in [0.1, 0.15) is 46.5 Å². The molecular formula is C21H33NO3Si. The number of anilines is 1. The third kappa shape index (κ3) is 3.75. The van der Waals surface area contributed by atoms with Gasteiger partial charge in [-0.3, -0.25) is 4.79 Å². The Hall–Kier alpha value is -1.17. The van der Waals surface area contributed by atoms with Gasteiger partial charge in [-0.2, -0.15) is 0 Å². The molecule has 2 aliphatic rings. The van der Waals surface area contributed by atoms with Gasteiger partial charge in [0, 0.05) is 11.6 Å². The second-order valence-electron chi connectivity index (χ2n) is 9.52. The van der Waals surface area contributed by atoms with Crippen LogP contribution in [0.25, 0.3) is 0 Å². The number of hydrogen-bond acceptors (Lipinski definition) is 4. The van der Waals surface area contributed by atoms with Gasteiger partial charge in [0.05, 0.1) is 17.7 Å². The van der Waals surface area contributed by atoms with E-state index in [0.29, 0.717) is 0 Å². The normalized spacial score (nSPS) is 26.6. The lowest BCUT2D eigenvalue weighted by Crippen LogP contribution is -2.51. The molecular weight excluding hydrogens is 342 g/mol. The summed E-state index contributed by atoms with van der Waals surface area (Å²) in [6.07, 6.45) is 2.54. The molecule has 0 heterocycles. The zero-order chi connectivity index (χ0) is 19.2. The summed E-state index contributed by atoms with van der Waals surface area (Å²) in [7, 11) is -1.98. The molecule has 3 atom stereocenters. The van der Waals surface area contributed by atoms with E-state index in [9.17, 15) is 9.90 Å². The molecule has 2 N–H and O–H groups in total. The standard InChI is InChI=1S/C21H33NO3Si/c1-20(2,3)26(4,5)25-21(13-14-21)19(24)16-11-12-17(18(16)23)22-15-9-7-6-8-10-15/h6-10,16-17,19,22,24H,11-14H2,1-5H3. The first-order valence-electron chi connectivity index (χ1n) is 9.79.